The number of hydrogen-bond donors (Lipinski definition) is 1. The van der Waals surface area contributed by atoms with E-state index in [0.29, 0.717) is 16.3 Å². The molecule has 1 aromatic carbocycles. The van der Waals surface area contributed by atoms with E-state index >= 15 is 0 Å². The van der Waals surface area contributed by atoms with Gasteiger partial charge in [0.2, 0.25) is 0 Å². The molecule has 0 radical (unpaired) electrons. The molecule has 0 aliphatic carbocycles. The van der Waals surface area contributed by atoms with E-state index in [2.05, 4.69) is 0 Å². The molecule has 0 amide bonds. The van der Waals surface area contributed by atoms with Gasteiger partial charge in [0.05, 0.1) is 17.7 Å². The quantitative estimate of drug-likeness (QED) is 0.411. The first-order chi connectivity index (χ1) is 12.3. The van der Waals surface area contributed by atoms with Crippen molar-refractivity contribution in [2.75, 3.05) is 12.4 Å². The molecule has 0 fully saturated rings. The molecule has 126 valence electrons. The Hall–Kier alpha value is -1.93. The molecule has 0 spiro atoms. The van der Waals surface area contributed by atoms with Gasteiger partial charge in [-0.3, -0.25) is 9.36 Å². The van der Waals surface area contributed by atoms with Crippen LogP contribution in [0.15, 0.2) is 63.2 Å². The van der Waals surface area contributed by atoms with Gasteiger partial charge in [0.1, 0.15) is 4.83 Å². The summed E-state index contributed by atoms with van der Waals surface area (Å²) in [5, 5.41) is 14.4. The maximum atomic E-state index is 13.3. The second-order valence-electron chi connectivity index (χ2n) is 5.25. The van der Waals surface area contributed by atoms with Crippen molar-refractivity contribution in [3.63, 3.8) is 0 Å². The summed E-state index contributed by atoms with van der Waals surface area (Å²) in [7, 11) is 0. The van der Waals surface area contributed by atoms with Crippen molar-refractivity contribution in [3.8, 4) is 16.1 Å². The van der Waals surface area contributed by atoms with E-state index in [9.17, 15) is 4.79 Å². The molecule has 4 rings (SSSR count). The van der Waals surface area contributed by atoms with Gasteiger partial charge in [-0.25, -0.2) is 4.98 Å². The van der Waals surface area contributed by atoms with Crippen molar-refractivity contribution in [2.24, 2.45) is 0 Å². The number of aromatic nitrogens is 2. The van der Waals surface area contributed by atoms with Gasteiger partial charge < -0.3 is 5.11 Å². The summed E-state index contributed by atoms with van der Waals surface area (Å²) >= 11 is 4.49. The third-order valence-corrected chi connectivity index (χ3v) is 6.39. The maximum Gasteiger partial charge on any atom is 0.268 e. The number of thioether (sulfide) groups is 1. The van der Waals surface area contributed by atoms with Crippen molar-refractivity contribution in [3.05, 3.63) is 63.6 Å². The number of nitrogens with zero attached hydrogens (tertiary/aromatic N) is 2. The number of thiophene rings is 2. The average molecular weight is 387 g/mol. The molecule has 4 aromatic rings. The highest BCUT2D eigenvalue weighted by atomic mass is 32.2. The smallest absolute Gasteiger partial charge is 0.268 e. The largest absolute Gasteiger partial charge is 0.396 e. The summed E-state index contributed by atoms with van der Waals surface area (Å²) in [5.41, 5.74) is 1.66. The highest BCUT2D eigenvalue weighted by molar-refractivity contribution is 7.99. The van der Waals surface area contributed by atoms with Crippen molar-refractivity contribution >= 4 is 44.7 Å². The molecule has 3 heterocycles. The van der Waals surface area contributed by atoms with Gasteiger partial charge in [-0.2, -0.15) is 0 Å². The van der Waals surface area contributed by atoms with E-state index in [1.165, 1.54) is 23.1 Å². The summed E-state index contributed by atoms with van der Waals surface area (Å²) in [6, 6.07) is 13.5. The zero-order valence-electron chi connectivity index (χ0n) is 13.1. The van der Waals surface area contributed by atoms with Crippen LogP contribution >= 0.6 is 34.4 Å². The Morgan fingerprint density at radius 3 is 2.68 bits per heavy atom. The normalized spacial score (nSPS) is 11.2. The van der Waals surface area contributed by atoms with Gasteiger partial charge in [0, 0.05) is 21.6 Å². The molecular weight excluding hydrogens is 372 g/mol. The fraction of sp³-hybridized carbons (Fsp3) is 0.111. The maximum absolute atomic E-state index is 13.3. The molecule has 7 heteroatoms. The lowest BCUT2D eigenvalue weighted by atomic mass is 10.2. The Kier molecular flexibility index (Phi) is 4.72. The minimum atomic E-state index is -0.0683. The van der Waals surface area contributed by atoms with Crippen LogP contribution in [0.4, 0.5) is 0 Å². The number of benzene rings is 1. The Balaban J connectivity index is 2.01. The second kappa shape index (κ2) is 7.13. The molecule has 0 atom stereocenters. The van der Waals surface area contributed by atoms with Crippen molar-refractivity contribution in [1.82, 2.24) is 9.55 Å². The minimum absolute atomic E-state index is 0.0399. The Labute approximate surface area is 156 Å². The number of rotatable bonds is 5. The van der Waals surface area contributed by atoms with Crippen LogP contribution in [-0.4, -0.2) is 27.0 Å². The summed E-state index contributed by atoms with van der Waals surface area (Å²) in [6.45, 7) is 0.0399. The summed E-state index contributed by atoms with van der Waals surface area (Å²) in [6.07, 6.45) is 0. The van der Waals surface area contributed by atoms with Crippen LogP contribution in [0.1, 0.15) is 0 Å². The van der Waals surface area contributed by atoms with Crippen LogP contribution in [0.5, 0.6) is 0 Å². The number of hydrogen-bond acceptors (Lipinski definition) is 6. The van der Waals surface area contributed by atoms with Gasteiger partial charge in [-0.05, 0) is 23.6 Å². The van der Waals surface area contributed by atoms with Crippen molar-refractivity contribution in [1.29, 1.82) is 0 Å². The monoisotopic (exact) mass is 386 g/mol. The lowest BCUT2D eigenvalue weighted by Gasteiger charge is -2.12. The SMILES string of the molecule is O=c1c2c(-c3cccs3)csc2nc(SCCO)n1-c1ccccc1. The third-order valence-electron chi connectivity index (χ3n) is 3.70. The highest BCUT2D eigenvalue weighted by Crippen LogP contribution is 2.35. The Bertz CT molecular complexity index is 1050. The van der Waals surface area contributed by atoms with E-state index in [0.717, 1.165) is 21.0 Å². The summed E-state index contributed by atoms with van der Waals surface area (Å²) in [5.74, 6) is 0.494. The van der Waals surface area contributed by atoms with Crippen LogP contribution in [0.3, 0.4) is 0 Å². The zero-order chi connectivity index (χ0) is 17.2. The topological polar surface area (TPSA) is 55.1 Å². The number of fused-ring (bicyclic) bond motifs is 1. The predicted octanol–water partition coefficient (Wildman–Crippen LogP) is 4.26. The van der Waals surface area contributed by atoms with E-state index in [1.54, 1.807) is 15.9 Å². The molecule has 4 nitrogen and oxygen atoms in total. The zero-order valence-corrected chi connectivity index (χ0v) is 15.5. The van der Waals surface area contributed by atoms with E-state index in [-0.39, 0.29) is 12.2 Å². The fourth-order valence-corrected chi connectivity index (χ4v) is 5.18. The summed E-state index contributed by atoms with van der Waals surface area (Å²) < 4.78 is 1.65. The first-order valence-electron chi connectivity index (χ1n) is 7.67. The Morgan fingerprint density at radius 1 is 1.12 bits per heavy atom. The van der Waals surface area contributed by atoms with Crippen molar-refractivity contribution in [2.45, 2.75) is 5.16 Å². The van der Waals surface area contributed by atoms with Crippen LogP contribution in [-0.2, 0) is 0 Å². The molecular formula is C18H14N2O2S3. The second-order valence-corrected chi connectivity index (χ2v) is 8.12. The molecule has 0 saturated carbocycles. The van der Waals surface area contributed by atoms with Gasteiger partial charge >= 0.3 is 0 Å². The standard InChI is InChI=1S/C18H14N2O2S3/c21-8-10-24-18-19-16-15(13(11-25-16)14-7-4-9-23-14)17(22)20(18)12-5-2-1-3-6-12/h1-7,9,11,21H,8,10H2. The first kappa shape index (κ1) is 16.5. The molecule has 0 saturated heterocycles. The molecule has 0 aliphatic rings. The van der Waals surface area contributed by atoms with Gasteiger partial charge in [-0.1, -0.05) is 36.0 Å². The third kappa shape index (κ3) is 3.04. The first-order valence-corrected chi connectivity index (χ1v) is 10.4. The Morgan fingerprint density at radius 2 is 1.96 bits per heavy atom. The van der Waals surface area contributed by atoms with Crippen molar-refractivity contribution < 1.29 is 5.11 Å². The van der Waals surface area contributed by atoms with Crippen LogP contribution in [0, 0.1) is 0 Å². The highest BCUT2D eigenvalue weighted by Gasteiger charge is 2.18. The van der Waals surface area contributed by atoms with E-state index in [4.69, 9.17) is 10.1 Å². The average Bonchev–Trinajstić information content (AvgIpc) is 3.30. The molecule has 1 N–H and O–H groups in total. The van der Waals surface area contributed by atoms with Crippen LogP contribution in [0.25, 0.3) is 26.3 Å². The van der Waals surface area contributed by atoms with E-state index in [1.807, 2.05) is 53.2 Å². The molecule has 3 aromatic heterocycles. The molecule has 25 heavy (non-hydrogen) atoms. The van der Waals surface area contributed by atoms with Gasteiger partial charge in [-0.15, -0.1) is 22.7 Å². The lowest BCUT2D eigenvalue weighted by Crippen LogP contribution is -2.21. The molecule has 0 unspecified atom stereocenters. The van der Waals surface area contributed by atoms with Gasteiger partial charge in [0.15, 0.2) is 5.16 Å². The lowest BCUT2D eigenvalue weighted by molar-refractivity contribution is 0.322. The summed E-state index contributed by atoms with van der Waals surface area (Å²) in [4.78, 5) is 19.9. The fourth-order valence-electron chi connectivity index (χ4n) is 2.62. The predicted molar refractivity (Wildman–Crippen MR) is 106 cm³/mol. The van der Waals surface area contributed by atoms with Crippen LogP contribution < -0.4 is 5.56 Å². The van der Waals surface area contributed by atoms with Gasteiger partial charge in [0.25, 0.3) is 5.56 Å². The number of aliphatic hydroxyl groups is 1. The molecule has 0 aliphatic heterocycles. The van der Waals surface area contributed by atoms with E-state index < -0.39 is 0 Å². The number of para-hydroxylation sites is 1. The van der Waals surface area contributed by atoms with Crippen LogP contribution in [0.2, 0.25) is 0 Å². The minimum Gasteiger partial charge on any atom is -0.396 e. The number of aliphatic hydroxyl groups excluding tert-OH is 1. The molecule has 0 bridgehead atoms.